The Hall–Kier alpha value is -6.98. The Bertz CT molecular complexity index is 3440. The maximum Gasteiger partial charge on any atom is 0.235 e. The SMILES string of the molecule is c1ccc2c(c1)ccc1c(-c3cccc4c3oc3ccccc34)nc(-n3c4ccccc4c4cc5ccc6c7ccccc7oc6c5cc43)nc12. The van der Waals surface area contributed by atoms with Gasteiger partial charge in [-0.15, -0.1) is 0 Å². The first-order valence-corrected chi connectivity index (χ1v) is 17.2. The van der Waals surface area contributed by atoms with Crippen molar-refractivity contribution in [3.05, 3.63) is 152 Å². The molecule has 4 heterocycles. The lowest BCUT2D eigenvalue weighted by Gasteiger charge is -2.13. The average Bonchev–Trinajstić information content (AvgIpc) is 3.86. The number of rotatable bonds is 2. The van der Waals surface area contributed by atoms with E-state index in [1.165, 1.54) is 0 Å². The van der Waals surface area contributed by atoms with Gasteiger partial charge in [0, 0.05) is 54.0 Å². The lowest BCUT2D eigenvalue weighted by Crippen LogP contribution is -2.04. The minimum absolute atomic E-state index is 0.601. The molecule has 51 heavy (non-hydrogen) atoms. The standard InChI is InChI=1S/C46H25N3O2/c1-2-11-28-26(10-1)20-23-34-42(28)47-46(48-43(34)35-16-9-15-32-30-13-4-7-18-40(30)50-44(32)35)49-38-17-6-3-12-29(38)37-24-27-21-22-33-31-14-5-8-19-41(31)51-45(33)36(27)25-39(37)49/h1-25H. The molecular formula is C46H25N3O2. The Morgan fingerprint density at radius 1 is 0.392 bits per heavy atom. The fourth-order valence-electron chi connectivity index (χ4n) is 8.28. The van der Waals surface area contributed by atoms with E-state index in [4.69, 9.17) is 18.8 Å². The Balaban J connectivity index is 1.24. The lowest BCUT2D eigenvalue weighted by molar-refractivity contribution is 0.670. The normalized spacial score (nSPS) is 12.3. The van der Waals surface area contributed by atoms with Crippen molar-refractivity contribution in [2.45, 2.75) is 0 Å². The summed E-state index contributed by atoms with van der Waals surface area (Å²) < 4.78 is 15.3. The van der Waals surface area contributed by atoms with Crippen LogP contribution >= 0.6 is 0 Å². The first-order chi connectivity index (χ1) is 25.3. The van der Waals surface area contributed by atoms with Crippen LogP contribution in [-0.4, -0.2) is 14.5 Å². The number of hydrogen-bond acceptors (Lipinski definition) is 4. The van der Waals surface area contributed by atoms with Gasteiger partial charge in [0.2, 0.25) is 5.95 Å². The molecule has 0 amide bonds. The van der Waals surface area contributed by atoms with E-state index >= 15 is 0 Å². The van der Waals surface area contributed by atoms with Gasteiger partial charge >= 0.3 is 0 Å². The second-order valence-electron chi connectivity index (χ2n) is 13.3. The van der Waals surface area contributed by atoms with Crippen LogP contribution in [0.5, 0.6) is 0 Å². The summed E-state index contributed by atoms with van der Waals surface area (Å²) in [5.41, 5.74) is 8.16. The molecule has 0 spiro atoms. The number of hydrogen-bond donors (Lipinski definition) is 0. The lowest BCUT2D eigenvalue weighted by atomic mass is 10.0. The quantitative estimate of drug-likeness (QED) is 0.175. The number of fused-ring (bicyclic) bond motifs is 14. The summed E-state index contributed by atoms with van der Waals surface area (Å²) in [6.07, 6.45) is 0. The third-order valence-corrected chi connectivity index (χ3v) is 10.6. The molecule has 0 aliphatic heterocycles. The van der Waals surface area contributed by atoms with Gasteiger partial charge in [-0.25, -0.2) is 9.97 Å². The largest absolute Gasteiger partial charge is 0.455 e. The monoisotopic (exact) mass is 651 g/mol. The predicted octanol–water partition coefficient (Wildman–Crippen LogP) is 12.5. The number of aromatic nitrogens is 3. The third kappa shape index (κ3) is 3.64. The van der Waals surface area contributed by atoms with E-state index in [9.17, 15) is 0 Å². The molecule has 5 nitrogen and oxygen atoms in total. The van der Waals surface area contributed by atoms with Crippen LogP contribution in [0.2, 0.25) is 0 Å². The average molecular weight is 652 g/mol. The molecule has 0 fully saturated rings. The van der Waals surface area contributed by atoms with Gasteiger partial charge in [0.15, 0.2) is 0 Å². The van der Waals surface area contributed by atoms with E-state index in [1.54, 1.807) is 0 Å². The highest BCUT2D eigenvalue weighted by atomic mass is 16.3. The smallest absolute Gasteiger partial charge is 0.235 e. The molecule has 8 aromatic carbocycles. The second-order valence-corrected chi connectivity index (χ2v) is 13.3. The summed E-state index contributed by atoms with van der Waals surface area (Å²) >= 11 is 0. The number of nitrogens with zero attached hydrogens (tertiary/aromatic N) is 3. The number of furan rings is 2. The molecule has 0 aliphatic rings. The third-order valence-electron chi connectivity index (χ3n) is 10.6. The molecule has 236 valence electrons. The van der Waals surface area contributed by atoms with Crippen LogP contribution in [0.1, 0.15) is 0 Å². The molecule has 0 N–H and O–H groups in total. The molecule has 0 bridgehead atoms. The Labute approximate surface area is 289 Å². The molecule has 5 heteroatoms. The summed E-state index contributed by atoms with van der Waals surface area (Å²) in [6, 6.07) is 53.0. The summed E-state index contributed by atoms with van der Waals surface area (Å²) in [6.45, 7) is 0. The van der Waals surface area contributed by atoms with Gasteiger partial charge in [-0.1, -0.05) is 103 Å². The first kappa shape index (κ1) is 26.9. The van der Waals surface area contributed by atoms with E-state index in [0.717, 1.165) is 109 Å². The van der Waals surface area contributed by atoms with Crippen molar-refractivity contribution in [2.24, 2.45) is 0 Å². The molecule has 0 unspecified atom stereocenters. The van der Waals surface area contributed by atoms with Gasteiger partial charge in [0.25, 0.3) is 0 Å². The van der Waals surface area contributed by atoms with E-state index < -0.39 is 0 Å². The highest BCUT2D eigenvalue weighted by Crippen LogP contribution is 2.42. The maximum absolute atomic E-state index is 6.58. The van der Waals surface area contributed by atoms with E-state index in [2.05, 4.69) is 132 Å². The van der Waals surface area contributed by atoms with Crippen LogP contribution in [0.4, 0.5) is 0 Å². The first-order valence-electron chi connectivity index (χ1n) is 17.2. The molecule has 4 aromatic heterocycles. The molecule has 0 radical (unpaired) electrons. The summed E-state index contributed by atoms with van der Waals surface area (Å²) in [4.78, 5) is 10.9. The fourth-order valence-corrected chi connectivity index (χ4v) is 8.28. The van der Waals surface area contributed by atoms with Crippen LogP contribution in [-0.2, 0) is 0 Å². The van der Waals surface area contributed by atoms with Gasteiger partial charge in [-0.2, -0.15) is 0 Å². The minimum atomic E-state index is 0.601. The van der Waals surface area contributed by atoms with Gasteiger partial charge in [-0.05, 0) is 59.3 Å². The summed E-state index contributed by atoms with van der Waals surface area (Å²) in [7, 11) is 0. The molecule has 12 aromatic rings. The minimum Gasteiger partial charge on any atom is -0.455 e. The van der Waals surface area contributed by atoms with Gasteiger partial charge in [0.1, 0.15) is 22.3 Å². The summed E-state index contributed by atoms with van der Waals surface area (Å²) in [5, 5.41) is 12.0. The van der Waals surface area contributed by atoms with E-state index in [0.29, 0.717) is 5.95 Å². The maximum atomic E-state index is 6.58. The predicted molar refractivity (Wildman–Crippen MR) is 209 cm³/mol. The van der Waals surface area contributed by atoms with E-state index in [1.807, 2.05) is 24.3 Å². The van der Waals surface area contributed by atoms with Crippen molar-refractivity contribution in [3.8, 4) is 17.2 Å². The van der Waals surface area contributed by atoms with Crippen molar-refractivity contribution in [3.63, 3.8) is 0 Å². The Kier molecular flexibility index (Phi) is 5.17. The van der Waals surface area contributed by atoms with E-state index in [-0.39, 0.29) is 0 Å². The van der Waals surface area contributed by atoms with Crippen molar-refractivity contribution >= 4 is 98.1 Å². The Morgan fingerprint density at radius 3 is 1.88 bits per heavy atom. The zero-order chi connectivity index (χ0) is 33.2. The zero-order valence-electron chi connectivity index (χ0n) is 27.1. The molecular weight excluding hydrogens is 627 g/mol. The van der Waals surface area contributed by atoms with Gasteiger partial charge < -0.3 is 8.83 Å². The van der Waals surface area contributed by atoms with Crippen LogP contribution in [0, 0.1) is 0 Å². The van der Waals surface area contributed by atoms with Crippen molar-refractivity contribution in [1.29, 1.82) is 0 Å². The van der Waals surface area contributed by atoms with Crippen molar-refractivity contribution in [1.82, 2.24) is 14.5 Å². The summed E-state index contributed by atoms with van der Waals surface area (Å²) in [5.74, 6) is 0.601. The van der Waals surface area contributed by atoms with Gasteiger partial charge in [-0.3, -0.25) is 4.57 Å². The zero-order valence-corrected chi connectivity index (χ0v) is 27.1. The molecule has 0 saturated heterocycles. The molecule has 12 rings (SSSR count). The van der Waals surface area contributed by atoms with Crippen molar-refractivity contribution < 1.29 is 8.83 Å². The highest BCUT2D eigenvalue weighted by molar-refractivity contribution is 6.21. The van der Waals surface area contributed by atoms with Crippen molar-refractivity contribution in [2.75, 3.05) is 0 Å². The highest BCUT2D eigenvalue weighted by Gasteiger charge is 2.22. The fraction of sp³-hybridized carbons (Fsp3) is 0. The van der Waals surface area contributed by atoms with Gasteiger partial charge in [0.05, 0.1) is 22.2 Å². The molecule has 0 saturated carbocycles. The molecule has 0 aliphatic carbocycles. The molecule has 0 atom stereocenters. The second kappa shape index (κ2) is 9.80. The number of benzene rings is 8. The van der Waals surface area contributed by atoms with Crippen LogP contribution in [0.15, 0.2) is 160 Å². The number of para-hydroxylation sites is 4. The topological polar surface area (TPSA) is 57.0 Å². The van der Waals surface area contributed by atoms with Crippen LogP contribution in [0.25, 0.3) is 115 Å². The Morgan fingerprint density at radius 2 is 1.04 bits per heavy atom. The van der Waals surface area contributed by atoms with Crippen LogP contribution in [0.3, 0.4) is 0 Å². The van der Waals surface area contributed by atoms with Crippen LogP contribution < -0.4 is 0 Å².